The van der Waals surface area contributed by atoms with E-state index < -0.39 is 5.60 Å². The van der Waals surface area contributed by atoms with Crippen LogP contribution in [0.25, 0.3) is 0 Å². The number of hydrogen-bond donors (Lipinski definition) is 0. The molecule has 0 amide bonds. The molecule has 2 fully saturated rings. The van der Waals surface area contributed by atoms with Gasteiger partial charge in [-0.15, -0.1) is 0 Å². The summed E-state index contributed by atoms with van der Waals surface area (Å²) in [5, 5.41) is 0. The van der Waals surface area contributed by atoms with Gasteiger partial charge in [0.25, 0.3) is 0 Å². The second-order valence-corrected chi connectivity index (χ2v) is 9.41. The number of rotatable bonds is 8. The van der Waals surface area contributed by atoms with Crippen LogP contribution in [0.5, 0.6) is 5.75 Å². The normalized spacial score (nSPS) is 27.0. The highest BCUT2D eigenvalue weighted by atomic mass is 16.5. The molecule has 0 bridgehead atoms. The Bertz CT molecular complexity index is 1060. The minimum absolute atomic E-state index is 0.00860. The van der Waals surface area contributed by atoms with Crippen molar-refractivity contribution in [1.82, 2.24) is 0 Å². The van der Waals surface area contributed by atoms with Gasteiger partial charge in [-0.25, -0.2) is 0 Å². The first-order valence-electron chi connectivity index (χ1n) is 11.6. The van der Waals surface area contributed by atoms with Crippen LogP contribution in [0.4, 0.5) is 0 Å². The van der Waals surface area contributed by atoms with E-state index in [1.165, 1.54) is 22.3 Å². The highest BCUT2D eigenvalue weighted by molar-refractivity contribution is 5.39. The van der Waals surface area contributed by atoms with Crippen LogP contribution in [0.2, 0.25) is 0 Å². The summed E-state index contributed by atoms with van der Waals surface area (Å²) in [7, 11) is 1.70. The minimum atomic E-state index is -0.398. The Morgan fingerprint density at radius 2 is 1.78 bits per heavy atom. The summed E-state index contributed by atoms with van der Waals surface area (Å²) in [4.78, 5) is 0. The van der Waals surface area contributed by atoms with Crippen LogP contribution in [0.3, 0.4) is 0 Å². The molecule has 3 heteroatoms. The van der Waals surface area contributed by atoms with E-state index in [1.807, 2.05) is 12.1 Å². The van der Waals surface area contributed by atoms with E-state index >= 15 is 0 Å². The Balaban J connectivity index is 1.48. The second kappa shape index (κ2) is 8.38. The summed E-state index contributed by atoms with van der Waals surface area (Å²) in [6, 6.07) is 27.8. The fourth-order valence-corrected chi connectivity index (χ4v) is 5.69. The molecule has 1 aliphatic heterocycles. The van der Waals surface area contributed by atoms with Crippen LogP contribution in [-0.4, -0.2) is 20.3 Å². The van der Waals surface area contributed by atoms with Gasteiger partial charge in [0.05, 0.1) is 32.0 Å². The molecule has 3 aromatic carbocycles. The van der Waals surface area contributed by atoms with Gasteiger partial charge in [0.15, 0.2) is 0 Å². The highest BCUT2D eigenvalue weighted by Gasteiger charge is 2.74. The van der Waals surface area contributed by atoms with Crippen molar-refractivity contribution in [1.29, 1.82) is 0 Å². The van der Waals surface area contributed by atoms with Gasteiger partial charge in [0.1, 0.15) is 5.75 Å². The van der Waals surface area contributed by atoms with Gasteiger partial charge in [0, 0.05) is 5.41 Å². The molecule has 3 nitrogen and oxygen atoms in total. The first-order valence-corrected chi connectivity index (χ1v) is 11.6. The molecule has 1 heterocycles. The quantitative estimate of drug-likeness (QED) is 0.424. The monoisotopic (exact) mass is 428 g/mol. The van der Waals surface area contributed by atoms with E-state index in [9.17, 15) is 0 Å². The smallest absolute Gasteiger partial charge is 0.118 e. The predicted octanol–water partition coefficient (Wildman–Crippen LogP) is 6.26. The lowest BCUT2D eigenvalue weighted by Crippen LogP contribution is -2.38. The molecule has 2 aliphatic rings. The van der Waals surface area contributed by atoms with E-state index in [2.05, 4.69) is 80.6 Å². The lowest BCUT2D eigenvalue weighted by molar-refractivity contribution is -0.108. The molecule has 0 N–H and O–H groups in total. The molecule has 1 saturated heterocycles. The SMILES string of the molecule is COc1ccc([C@@]2(C)OC[C@H]3C[C@]32[C@@H](OCCc2ccccc2)c2cccc(C)c2)cc1. The summed E-state index contributed by atoms with van der Waals surface area (Å²) in [5.74, 6) is 1.38. The summed E-state index contributed by atoms with van der Waals surface area (Å²) in [5.41, 5.74) is 4.56. The summed E-state index contributed by atoms with van der Waals surface area (Å²) < 4.78 is 18.7. The number of aryl methyl sites for hydroxylation is 1. The van der Waals surface area contributed by atoms with E-state index in [0.717, 1.165) is 25.2 Å². The van der Waals surface area contributed by atoms with Crippen LogP contribution in [0.15, 0.2) is 78.9 Å². The average Bonchev–Trinajstić information content (AvgIpc) is 3.49. The number of fused-ring (bicyclic) bond motifs is 1. The lowest BCUT2D eigenvalue weighted by atomic mass is 9.74. The molecule has 3 aromatic rings. The summed E-state index contributed by atoms with van der Waals surface area (Å²) >= 11 is 0. The van der Waals surface area contributed by atoms with Crippen molar-refractivity contribution in [3.63, 3.8) is 0 Å². The molecule has 0 unspecified atom stereocenters. The lowest BCUT2D eigenvalue weighted by Gasteiger charge is -2.40. The van der Waals surface area contributed by atoms with Crippen LogP contribution in [-0.2, 0) is 21.5 Å². The molecule has 1 aliphatic carbocycles. The maximum atomic E-state index is 6.77. The van der Waals surface area contributed by atoms with E-state index in [-0.39, 0.29) is 11.5 Å². The maximum Gasteiger partial charge on any atom is 0.118 e. The molecule has 0 radical (unpaired) electrons. The molecule has 1 saturated carbocycles. The second-order valence-electron chi connectivity index (χ2n) is 9.41. The standard InChI is InChI=1S/C29H32O3/c1-21-8-7-11-23(18-21)27(31-17-16-22-9-5-4-6-10-22)29-19-25(29)20-32-28(29,2)24-12-14-26(30-3)15-13-24/h4-15,18,25,27H,16-17,19-20H2,1-3H3/t25-,27+,28-,29-/m1/s1. The molecule has 32 heavy (non-hydrogen) atoms. The number of benzene rings is 3. The van der Waals surface area contributed by atoms with Crippen molar-refractivity contribution < 1.29 is 14.2 Å². The minimum Gasteiger partial charge on any atom is -0.497 e. The molecular weight excluding hydrogens is 396 g/mol. The Labute approximate surface area is 191 Å². The van der Waals surface area contributed by atoms with Crippen LogP contribution >= 0.6 is 0 Å². The topological polar surface area (TPSA) is 27.7 Å². The van der Waals surface area contributed by atoms with Gasteiger partial charge in [-0.3, -0.25) is 0 Å². The third kappa shape index (κ3) is 3.54. The van der Waals surface area contributed by atoms with Crippen molar-refractivity contribution in [3.05, 3.63) is 101 Å². The van der Waals surface area contributed by atoms with E-state index in [4.69, 9.17) is 14.2 Å². The number of hydrogen-bond acceptors (Lipinski definition) is 3. The zero-order valence-corrected chi connectivity index (χ0v) is 19.2. The van der Waals surface area contributed by atoms with Gasteiger partial charge in [-0.05, 0) is 61.4 Å². The zero-order valence-electron chi connectivity index (χ0n) is 19.2. The van der Waals surface area contributed by atoms with Gasteiger partial charge in [0.2, 0.25) is 0 Å². The van der Waals surface area contributed by atoms with Gasteiger partial charge < -0.3 is 14.2 Å². The predicted molar refractivity (Wildman–Crippen MR) is 127 cm³/mol. The largest absolute Gasteiger partial charge is 0.497 e. The van der Waals surface area contributed by atoms with E-state index in [1.54, 1.807) is 7.11 Å². The van der Waals surface area contributed by atoms with Crippen LogP contribution < -0.4 is 4.74 Å². The summed E-state index contributed by atoms with van der Waals surface area (Å²) in [6.45, 7) is 5.88. The molecule has 5 rings (SSSR count). The van der Waals surface area contributed by atoms with E-state index in [0.29, 0.717) is 12.5 Å². The average molecular weight is 429 g/mol. The first-order chi connectivity index (χ1) is 15.6. The summed E-state index contributed by atoms with van der Waals surface area (Å²) in [6.07, 6.45) is 2.02. The first kappa shape index (κ1) is 21.2. The Morgan fingerprint density at radius 3 is 2.47 bits per heavy atom. The maximum absolute atomic E-state index is 6.77. The van der Waals surface area contributed by atoms with Gasteiger partial charge in [-0.2, -0.15) is 0 Å². The molecule has 0 aromatic heterocycles. The van der Waals surface area contributed by atoms with Crippen molar-refractivity contribution in [2.24, 2.45) is 11.3 Å². The van der Waals surface area contributed by atoms with Crippen molar-refractivity contribution in [2.45, 2.75) is 38.4 Å². The van der Waals surface area contributed by atoms with Gasteiger partial charge in [-0.1, -0.05) is 72.3 Å². The molecule has 0 spiro atoms. The van der Waals surface area contributed by atoms with Crippen molar-refractivity contribution in [3.8, 4) is 5.75 Å². The molecule has 166 valence electrons. The third-order valence-corrected chi connectivity index (χ3v) is 7.59. The highest BCUT2D eigenvalue weighted by Crippen LogP contribution is 2.75. The van der Waals surface area contributed by atoms with Crippen LogP contribution in [0.1, 0.15) is 41.7 Å². The fourth-order valence-electron chi connectivity index (χ4n) is 5.69. The van der Waals surface area contributed by atoms with Gasteiger partial charge >= 0.3 is 0 Å². The fraction of sp³-hybridized carbons (Fsp3) is 0.379. The van der Waals surface area contributed by atoms with Crippen LogP contribution in [0, 0.1) is 18.3 Å². The van der Waals surface area contributed by atoms with Crippen molar-refractivity contribution in [2.75, 3.05) is 20.3 Å². The molecular formula is C29H32O3. The Hall–Kier alpha value is -2.62. The number of methoxy groups -OCH3 is 1. The zero-order chi connectivity index (χ0) is 22.2. The molecule has 4 atom stereocenters. The Morgan fingerprint density at radius 1 is 1.00 bits per heavy atom. The third-order valence-electron chi connectivity index (χ3n) is 7.59. The Kier molecular flexibility index (Phi) is 5.56. The number of ether oxygens (including phenoxy) is 3. The van der Waals surface area contributed by atoms with Crippen molar-refractivity contribution >= 4 is 0 Å².